The van der Waals surface area contributed by atoms with Gasteiger partial charge in [-0.05, 0) is 68.5 Å². The highest BCUT2D eigenvalue weighted by atomic mass is 16.5. The number of aliphatic hydroxyl groups excluding tert-OH is 2. The van der Waals surface area contributed by atoms with Crippen molar-refractivity contribution in [3.8, 4) is 28.6 Å². The zero-order chi connectivity index (χ0) is 22.7. The molecule has 0 saturated heterocycles. The smallest absolute Gasteiger partial charge is 0.258 e. The van der Waals surface area contributed by atoms with Crippen molar-refractivity contribution in [3.05, 3.63) is 46.8 Å². The third-order valence-corrected chi connectivity index (χ3v) is 6.04. The summed E-state index contributed by atoms with van der Waals surface area (Å²) in [5.74, 6) is 2.25. The summed E-state index contributed by atoms with van der Waals surface area (Å²) in [4.78, 5) is 9.42. The molecule has 1 aromatic carbocycles. The van der Waals surface area contributed by atoms with Crippen LogP contribution in [0.2, 0.25) is 0 Å². The van der Waals surface area contributed by atoms with Crippen molar-refractivity contribution >= 4 is 0 Å². The van der Waals surface area contributed by atoms with Gasteiger partial charge in [-0.2, -0.15) is 4.98 Å². The van der Waals surface area contributed by atoms with E-state index in [4.69, 9.17) is 19.4 Å². The molecule has 1 saturated carbocycles. The molecule has 0 spiro atoms. The first-order valence-corrected chi connectivity index (χ1v) is 11.4. The van der Waals surface area contributed by atoms with E-state index in [0.29, 0.717) is 17.6 Å². The van der Waals surface area contributed by atoms with E-state index < -0.39 is 6.10 Å². The molecule has 0 amide bonds. The fraction of sp³-hybridized carbons (Fsp3) is 0.480. The van der Waals surface area contributed by atoms with E-state index in [0.717, 1.165) is 45.8 Å². The molecule has 1 unspecified atom stereocenters. The zero-order valence-corrected chi connectivity index (χ0v) is 19.0. The van der Waals surface area contributed by atoms with E-state index in [1.54, 1.807) is 0 Å². The molecule has 1 fully saturated rings. The Hall–Kier alpha value is -2.77. The van der Waals surface area contributed by atoms with Crippen LogP contribution >= 0.6 is 0 Å². The SMILES string of the molecule is CCc1cc(-c2noc(-c3cc(C)nc(C4CCCC4)c3)n2)cc(C)c1OCC(O)CO. The lowest BCUT2D eigenvalue weighted by atomic mass is 10.0. The first-order valence-electron chi connectivity index (χ1n) is 11.4. The van der Waals surface area contributed by atoms with Crippen molar-refractivity contribution in [2.75, 3.05) is 13.2 Å². The molecule has 7 heteroatoms. The second-order valence-electron chi connectivity index (χ2n) is 8.61. The minimum absolute atomic E-state index is 0.0424. The Morgan fingerprint density at radius 2 is 1.88 bits per heavy atom. The van der Waals surface area contributed by atoms with E-state index in [1.165, 1.54) is 25.7 Å². The van der Waals surface area contributed by atoms with Crippen molar-refractivity contribution in [3.63, 3.8) is 0 Å². The third kappa shape index (κ3) is 4.84. The lowest BCUT2D eigenvalue weighted by Gasteiger charge is -2.16. The molecule has 1 atom stereocenters. The highest BCUT2D eigenvalue weighted by Crippen LogP contribution is 2.35. The Balaban J connectivity index is 1.62. The lowest BCUT2D eigenvalue weighted by molar-refractivity contribution is 0.0531. The number of aliphatic hydroxyl groups is 2. The van der Waals surface area contributed by atoms with Crippen LogP contribution in [0.3, 0.4) is 0 Å². The van der Waals surface area contributed by atoms with Crippen LogP contribution in [0.15, 0.2) is 28.8 Å². The minimum atomic E-state index is -0.906. The van der Waals surface area contributed by atoms with Gasteiger partial charge >= 0.3 is 0 Å². The monoisotopic (exact) mass is 437 g/mol. The lowest BCUT2D eigenvalue weighted by Crippen LogP contribution is -2.22. The van der Waals surface area contributed by atoms with Gasteiger partial charge in [0.25, 0.3) is 5.89 Å². The number of rotatable bonds is 8. The van der Waals surface area contributed by atoms with Crippen LogP contribution in [0.4, 0.5) is 0 Å². The van der Waals surface area contributed by atoms with Gasteiger partial charge in [0.15, 0.2) is 0 Å². The summed E-state index contributed by atoms with van der Waals surface area (Å²) in [5, 5.41) is 22.9. The summed E-state index contributed by atoms with van der Waals surface area (Å²) >= 11 is 0. The van der Waals surface area contributed by atoms with Crippen LogP contribution in [0.25, 0.3) is 22.8 Å². The van der Waals surface area contributed by atoms with Crippen LogP contribution in [0.1, 0.15) is 61.0 Å². The molecule has 3 aromatic rings. The van der Waals surface area contributed by atoms with Crippen LogP contribution in [0.5, 0.6) is 5.75 Å². The second-order valence-corrected chi connectivity index (χ2v) is 8.61. The molecule has 32 heavy (non-hydrogen) atoms. The molecule has 0 radical (unpaired) electrons. The zero-order valence-electron chi connectivity index (χ0n) is 19.0. The Morgan fingerprint density at radius 1 is 1.09 bits per heavy atom. The number of nitrogens with zero attached hydrogens (tertiary/aromatic N) is 3. The van der Waals surface area contributed by atoms with Gasteiger partial charge in [-0.1, -0.05) is 24.9 Å². The van der Waals surface area contributed by atoms with Crippen molar-refractivity contribution in [1.82, 2.24) is 15.1 Å². The maximum atomic E-state index is 9.61. The largest absolute Gasteiger partial charge is 0.490 e. The molecule has 2 heterocycles. The minimum Gasteiger partial charge on any atom is -0.490 e. The first kappa shape index (κ1) is 22.4. The maximum Gasteiger partial charge on any atom is 0.258 e. The Bertz CT molecular complexity index is 1070. The number of benzene rings is 1. The van der Waals surface area contributed by atoms with E-state index in [1.807, 2.05) is 39.0 Å². The Labute approximate surface area is 188 Å². The van der Waals surface area contributed by atoms with E-state index in [9.17, 15) is 5.11 Å². The van der Waals surface area contributed by atoms with Crippen molar-refractivity contribution in [2.24, 2.45) is 0 Å². The molecule has 0 bridgehead atoms. The number of pyridine rings is 1. The molecule has 1 aliphatic carbocycles. The third-order valence-electron chi connectivity index (χ3n) is 6.04. The van der Waals surface area contributed by atoms with Crippen LogP contribution < -0.4 is 4.74 Å². The number of hydrogen-bond acceptors (Lipinski definition) is 7. The summed E-state index contributed by atoms with van der Waals surface area (Å²) in [6.07, 6.45) is 4.74. The molecule has 1 aliphatic rings. The van der Waals surface area contributed by atoms with Gasteiger partial charge in [-0.3, -0.25) is 4.98 Å². The Morgan fingerprint density at radius 3 is 2.59 bits per heavy atom. The van der Waals surface area contributed by atoms with E-state index >= 15 is 0 Å². The predicted molar refractivity (Wildman–Crippen MR) is 122 cm³/mol. The van der Waals surface area contributed by atoms with Gasteiger partial charge in [-0.25, -0.2) is 0 Å². The van der Waals surface area contributed by atoms with Crippen molar-refractivity contribution < 1.29 is 19.5 Å². The van der Waals surface area contributed by atoms with Gasteiger partial charge in [0.2, 0.25) is 5.82 Å². The van der Waals surface area contributed by atoms with Crippen molar-refractivity contribution in [2.45, 2.75) is 64.9 Å². The van der Waals surface area contributed by atoms with Crippen LogP contribution in [-0.4, -0.2) is 44.7 Å². The maximum absolute atomic E-state index is 9.61. The molecule has 170 valence electrons. The summed E-state index contributed by atoms with van der Waals surface area (Å²) in [5.41, 5.74) is 5.74. The molecular formula is C25H31N3O4. The number of ether oxygens (including phenoxy) is 1. The Kier molecular flexibility index (Phi) is 6.86. The fourth-order valence-electron chi connectivity index (χ4n) is 4.38. The second kappa shape index (κ2) is 9.79. The summed E-state index contributed by atoms with van der Waals surface area (Å²) < 4.78 is 11.4. The summed E-state index contributed by atoms with van der Waals surface area (Å²) in [6.45, 7) is 5.70. The van der Waals surface area contributed by atoms with Crippen LogP contribution in [0, 0.1) is 13.8 Å². The van der Waals surface area contributed by atoms with Gasteiger partial charge in [-0.15, -0.1) is 0 Å². The molecular weight excluding hydrogens is 406 g/mol. The quantitative estimate of drug-likeness (QED) is 0.540. The van der Waals surface area contributed by atoms with Crippen molar-refractivity contribution in [1.29, 1.82) is 0 Å². The highest BCUT2D eigenvalue weighted by Gasteiger charge is 2.21. The predicted octanol–water partition coefficient (Wildman–Crippen LogP) is 4.37. The molecule has 2 N–H and O–H groups in total. The fourth-order valence-corrected chi connectivity index (χ4v) is 4.38. The molecule has 7 nitrogen and oxygen atoms in total. The standard InChI is InChI=1S/C25H31N3O4/c1-4-17-11-19(9-15(2)23(17)31-14-21(30)13-29)24-27-25(32-28-24)20-10-16(3)26-22(12-20)18-7-5-6-8-18/h9-12,18,21,29-30H,4-8,13-14H2,1-3H3. The van der Waals surface area contributed by atoms with Gasteiger partial charge in [0.1, 0.15) is 18.5 Å². The average Bonchev–Trinajstić information content (AvgIpc) is 3.49. The normalized spacial score (nSPS) is 15.3. The van der Waals surface area contributed by atoms with E-state index in [-0.39, 0.29) is 13.2 Å². The average molecular weight is 438 g/mol. The molecule has 0 aliphatic heterocycles. The number of hydrogen-bond donors (Lipinski definition) is 2. The molecule has 4 rings (SSSR count). The van der Waals surface area contributed by atoms with Gasteiger partial charge in [0.05, 0.1) is 6.61 Å². The van der Waals surface area contributed by atoms with Gasteiger partial charge in [0, 0.05) is 28.4 Å². The van der Waals surface area contributed by atoms with Gasteiger partial charge < -0.3 is 19.5 Å². The first-order chi connectivity index (χ1) is 15.5. The number of aryl methyl sites for hydroxylation is 3. The van der Waals surface area contributed by atoms with Crippen LogP contribution in [-0.2, 0) is 6.42 Å². The highest BCUT2D eigenvalue weighted by molar-refractivity contribution is 5.64. The number of aromatic nitrogens is 3. The summed E-state index contributed by atoms with van der Waals surface area (Å²) in [7, 11) is 0. The molecule has 2 aromatic heterocycles. The van der Waals surface area contributed by atoms with E-state index in [2.05, 4.69) is 16.2 Å². The summed E-state index contributed by atoms with van der Waals surface area (Å²) in [6, 6.07) is 8.02. The topological polar surface area (TPSA) is 102 Å².